The summed E-state index contributed by atoms with van der Waals surface area (Å²) >= 11 is 1.68. The molecule has 3 heteroatoms. The summed E-state index contributed by atoms with van der Waals surface area (Å²) in [5, 5.41) is 16.6. The van der Waals surface area contributed by atoms with Gasteiger partial charge in [0.15, 0.2) is 0 Å². The summed E-state index contributed by atoms with van der Waals surface area (Å²) in [5.74, 6) is 0. The molecule has 0 amide bonds. The first-order valence-corrected chi connectivity index (χ1v) is 5.87. The van der Waals surface area contributed by atoms with Crippen molar-refractivity contribution in [2.45, 2.75) is 12.5 Å². The first-order chi connectivity index (χ1) is 7.15. The lowest BCUT2D eigenvalue weighted by Gasteiger charge is -2.24. The second kappa shape index (κ2) is 3.93. The van der Waals surface area contributed by atoms with Crippen LogP contribution in [0.4, 0.5) is 0 Å². The lowest BCUT2D eigenvalue weighted by molar-refractivity contribution is 0.0609. The van der Waals surface area contributed by atoms with E-state index in [1.54, 1.807) is 11.3 Å². The molecule has 15 heavy (non-hydrogen) atoms. The van der Waals surface area contributed by atoms with Crippen LogP contribution in [0.2, 0.25) is 0 Å². The summed E-state index contributed by atoms with van der Waals surface area (Å²) in [5.41, 5.74) is 0.198. The van der Waals surface area contributed by atoms with Gasteiger partial charge in [0.1, 0.15) is 5.60 Å². The maximum Gasteiger partial charge on any atom is 0.101 e. The highest BCUT2D eigenvalue weighted by Crippen LogP contribution is 2.31. The molecule has 0 aliphatic heterocycles. The molecule has 80 valence electrons. The van der Waals surface area contributed by atoms with Gasteiger partial charge in [0.25, 0.3) is 0 Å². The van der Waals surface area contributed by atoms with Crippen molar-refractivity contribution in [3.05, 3.63) is 35.2 Å². The first-order valence-electron chi connectivity index (χ1n) is 4.99. The molecule has 1 aromatic heterocycles. The standard InChI is InChI=1S/C12H15NOS/c1-12(14,8-13-2)10-5-3-4-9-6-7-15-11(9)10/h3-7,13-14H,8H2,1-2H3. The van der Waals surface area contributed by atoms with Crippen molar-refractivity contribution in [1.82, 2.24) is 5.32 Å². The van der Waals surface area contributed by atoms with Gasteiger partial charge in [-0.3, -0.25) is 0 Å². The molecule has 1 unspecified atom stereocenters. The Morgan fingerprint density at radius 2 is 2.20 bits per heavy atom. The van der Waals surface area contributed by atoms with E-state index in [1.165, 1.54) is 10.1 Å². The highest BCUT2D eigenvalue weighted by atomic mass is 32.1. The number of benzene rings is 1. The van der Waals surface area contributed by atoms with Crippen LogP contribution in [-0.2, 0) is 5.60 Å². The largest absolute Gasteiger partial charge is 0.384 e. The Balaban J connectivity index is 2.55. The van der Waals surface area contributed by atoms with Crippen LogP contribution < -0.4 is 5.32 Å². The molecule has 0 radical (unpaired) electrons. The molecule has 1 aromatic carbocycles. The van der Waals surface area contributed by atoms with E-state index in [0.29, 0.717) is 6.54 Å². The minimum absolute atomic E-state index is 0.560. The van der Waals surface area contributed by atoms with Crippen molar-refractivity contribution in [1.29, 1.82) is 0 Å². The fourth-order valence-corrected chi connectivity index (χ4v) is 2.89. The molecule has 0 bridgehead atoms. The van der Waals surface area contributed by atoms with E-state index >= 15 is 0 Å². The molecule has 0 aliphatic carbocycles. The topological polar surface area (TPSA) is 32.3 Å². The number of fused-ring (bicyclic) bond motifs is 1. The molecule has 1 atom stereocenters. The number of rotatable bonds is 3. The van der Waals surface area contributed by atoms with Crippen LogP contribution in [0.25, 0.3) is 10.1 Å². The molecular weight excluding hydrogens is 206 g/mol. The molecule has 2 nitrogen and oxygen atoms in total. The summed E-state index contributed by atoms with van der Waals surface area (Å²) in [7, 11) is 1.85. The molecule has 0 aliphatic rings. The third kappa shape index (κ3) is 1.91. The Morgan fingerprint density at radius 3 is 2.93 bits per heavy atom. The third-order valence-corrected chi connectivity index (χ3v) is 3.54. The van der Waals surface area contributed by atoms with E-state index in [0.717, 1.165) is 5.56 Å². The van der Waals surface area contributed by atoms with E-state index < -0.39 is 5.60 Å². The Hall–Kier alpha value is -0.900. The molecule has 0 fully saturated rings. The lowest BCUT2D eigenvalue weighted by atomic mass is 9.95. The zero-order valence-electron chi connectivity index (χ0n) is 8.95. The number of hydrogen-bond acceptors (Lipinski definition) is 3. The van der Waals surface area contributed by atoms with Gasteiger partial charge in [-0.2, -0.15) is 0 Å². The van der Waals surface area contributed by atoms with Gasteiger partial charge in [-0.25, -0.2) is 0 Å². The quantitative estimate of drug-likeness (QED) is 0.833. The lowest BCUT2D eigenvalue weighted by Crippen LogP contribution is -2.33. The van der Waals surface area contributed by atoms with Gasteiger partial charge < -0.3 is 10.4 Å². The van der Waals surface area contributed by atoms with E-state index in [9.17, 15) is 5.11 Å². The predicted molar refractivity (Wildman–Crippen MR) is 65.3 cm³/mol. The molecule has 1 heterocycles. The maximum absolute atomic E-state index is 10.3. The van der Waals surface area contributed by atoms with Crippen LogP contribution in [0.5, 0.6) is 0 Å². The van der Waals surface area contributed by atoms with Gasteiger partial charge in [0.05, 0.1) is 0 Å². The fraction of sp³-hybridized carbons (Fsp3) is 0.333. The van der Waals surface area contributed by atoms with Crippen molar-refractivity contribution in [3.63, 3.8) is 0 Å². The Kier molecular flexibility index (Phi) is 2.78. The summed E-state index contributed by atoms with van der Waals surface area (Å²) < 4.78 is 1.18. The van der Waals surface area contributed by atoms with Crippen molar-refractivity contribution >= 4 is 21.4 Å². The van der Waals surface area contributed by atoms with E-state index in [4.69, 9.17) is 0 Å². The van der Waals surface area contributed by atoms with Crippen molar-refractivity contribution < 1.29 is 5.11 Å². The highest BCUT2D eigenvalue weighted by molar-refractivity contribution is 7.17. The second-order valence-corrected chi connectivity index (χ2v) is 4.86. The van der Waals surface area contributed by atoms with Crippen LogP contribution in [0.3, 0.4) is 0 Å². The molecular formula is C12H15NOS. The monoisotopic (exact) mass is 221 g/mol. The minimum Gasteiger partial charge on any atom is -0.384 e. The number of nitrogens with one attached hydrogen (secondary N) is 1. The van der Waals surface area contributed by atoms with Gasteiger partial charge >= 0.3 is 0 Å². The highest BCUT2D eigenvalue weighted by Gasteiger charge is 2.24. The number of likely N-dealkylation sites (N-methyl/N-ethyl adjacent to an activating group) is 1. The zero-order valence-corrected chi connectivity index (χ0v) is 9.77. The normalized spacial score (nSPS) is 15.4. The fourth-order valence-electron chi connectivity index (χ4n) is 1.86. The van der Waals surface area contributed by atoms with Gasteiger partial charge in [-0.15, -0.1) is 11.3 Å². The smallest absolute Gasteiger partial charge is 0.101 e. The molecule has 2 rings (SSSR count). The molecule has 0 saturated heterocycles. The van der Waals surface area contributed by atoms with Gasteiger partial charge in [-0.05, 0) is 30.8 Å². The second-order valence-electron chi connectivity index (χ2n) is 3.95. The average molecular weight is 221 g/mol. The Labute approximate surface area is 93.6 Å². The van der Waals surface area contributed by atoms with Crippen LogP contribution >= 0.6 is 11.3 Å². The number of aliphatic hydroxyl groups is 1. The van der Waals surface area contributed by atoms with E-state index in [-0.39, 0.29) is 0 Å². The summed E-state index contributed by atoms with van der Waals surface area (Å²) in [6.45, 7) is 2.40. The Morgan fingerprint density at radius 1 is 1.40 bits per heavy atom. The average Bonchev–Trinajstić information content (AvgIpc) is 2.64. The van der Waals surface area contributed by atoms with Crippen molar-refractivity contribution in [3.8, 4) is 0 Å². The van der Waals surface area contributed by atoms with Crippen LogP contribution in [0.1, 0.15) is 12.5 Å². The minimum atomic E-state index is -0.806. The SMILES string of the molecule is CNCC(C)(O)c1cccc2ccsc12. The van der Waals surface area contributed by atoms with Gasteiger partial charge in [0.2, 0.25) is 0 Å². The van der Waals surface area contributed by atoms with E-state index in [2.05, 4.69) is 22.8 Å². The summed E-state index contributed by atoms with van der Waals surface area (Å²) in [6, 6.07) is 8.15. The Bertz CT molecular complexity index is 461. The van der Waals surface area contributed by atoms with E-state index in [1.807, 2.05) is 26.1 Å². The van der Waals surface area contributed by atoms with Crippen LogP contribution in [0.15, 0.2) is 29.6 Å². The summed E-state index contributed by atoms with van der Waals surface area (Å²) in [6.07, 6.45) is 0. The van der Waals surface area contributed by atoms with Gasteiger partial charge in [-0.1, -0.05) is 18.2 Å². The van der Waals surface area contributed by atoms with Crippen LogP contribution in [-0.4, -0.2) is 18.7 Å². The predicted octanol–water partition coefficient (Wildman–Crippen LogP) is 2.33. The first kappa shape index (κ1) is 10.6. The molecule has 2 N–H and O–H groups in total. The van der Waals surface area contributed by atoms with Gasteiger partial charge in [0, 0.05) is 16.8 Å². The number of hydrogen-bond donors (Lipinski definition) is 2. The van der Waals surface area contributed by atoms with Crippen LogP contribution in [0, 0.1) is 0 Å². The maximum atomic E-state index is 10.3. The van der Waals surface area contributed by atoms with Crippen molar-refractivity contribution in [2.24, 2.45) is 0 Å². The molecule has 0 saturated carbocycles. The molecule has 0 spiro atoms. The molecule has 2 aromatic rings. The van der Waals surface area contributed by atoms with Crippen molar-refractivity contribution in [2.75, 3.05) is 13.6 Å². The zero-order chi connectivity index (χ0) is 10.9. The third-order valence-electron chi connectivity index (χ3n) is 2.58. The number of thiophene rings is 1. The summed E-state index contributed by atoms with van der Waals surface area (Å²) in [4.78, 5) is 0.